The second kappa shape index (κ2) is 6.69. The molecule has 0 aromatic heterocycles. The molecule has 1 aromatic carbocycles. The second-order valence-corrected chi connectivity index (χ2v) is 5.83. The number of carboxylic acids is 1. The van der Waals surface area contributed by atoms with Crippen LogP contribution in [0, 0.1) is 0 Å². The van der Waals surface area contributed by atoms with Crippen molar-refractivity contribution in [3.8, 4) is 5.75 Å². The summed E-state index contributed by atoms with van der Waals surface area (Å²) in [6.45, 7) is 1.87. The molecule has 8 heteroatoms. The van der Waals surface area contributed by atoms with Crippen LogP contribution < -0.4 is 9.46 Å². The first-order valence-electron chi connectivity index (χ1n) is 5.74. The van der Waals surface area contributed by atoms with E-state index in [1.54, 1.807) is 6.92 Å². The number of benzene rings is 1. The minimum Gasteiger partial charge on any atom is -0.495 e. The summed E-state index contributed by atoms with van der Waals surface area (Å²) in [7, 11) is -1.07. The molecule has 0 bridgehead atoms. The first-order chi connectivity index (χ1) is 9.31. The van der Waals surface area contributed by atoms with Crippen LogP contribution in [0.25, 0.3) is 0 Å². The molecule has 0 aliphatic heterocycles. The van der Waals surface area contributed by atoms with Gasteiger partial charge in [-0.25, -0.2) is 17.9 Å². The van der Waals surface area contributed by atoms with Gasteiger partial charge in [0.2, 0.25) is 10.0 Å². The standard InChI is InChI=1S/C12H17NO6S/c1-8(7-18-2)13-20(16,17)11-5-4-9(12(14)15)6-10(11)19-3/h4-6,8,13H,7H2,1-3H3,(H,14,15). The number of hydrogen-bond acceptors (Lipinski definition) is 5. The first-order valence-corrected chi connectivity index (χ1v) is 7.22. The van der Waals surface area contributed by atoms with E-state index >= 15 is 0 Å². The van der Waals surface area contributed by atoms with Crippen molar-refractivity contribution in [1.82, 2.24) is 4.72 Å². The quantitative estimate of drug-likeness (QED) is 0.769. The predicted molar refractivity (Wildman–Crippen MR) is 71.6 cm³/mol. The lowest BCUT2D eigenvalue weighted by Crippen LogP contribution is -2.35. The van der Waals surface area contributed by atoms with Crippen molar-refractivity contribution in [2.75, 3.05) is 20.8 Å². The second-order valence-electron chi connectivity index (χ2n) is 4.15. The molecule has 2 N–H and O–H groups in total. The van der Waals surface area contributed by atoms with E-state index in [1.807, 2.05) is 0 Å². The monoisotopic (exact) mass is 303 g/mol. The molecule has 1 atom stereocenters. The SMILES string of the molecule is COCC(C)NS(=O)(=O)c1ccc(C(=O)O)cc1OC. The highest BCUT2D eigenvalue weighted by molar-refractivity contribution is 7.89. The van der Waals surface area contributed by atoms with Gasteiger partial charge in [0.1, 0.15) is 10.6 Å². The Labute approximate surface area is 117 Å². The maximum absolute atomic E-state index is 12.2. The highest BCUT2D eigenvalue weighted by Crippen LogP contribution is 2.25. The molecule has 1 aromatic rings. The number of ether oxygens (including phenoxy) is 2. The molecule has 1 rings (SSSR count). The molecule has 0 radical (unpaired) electrons. The van der Waals surface area contributed by atoms with Gasteiger partial charge in [0.25, 0.3) is 0 Å². The van der Waals surface area contributed by atoms with E-state index in [2.05, 4.69) is 4.72 Å². The molecule has 0 fully saturated rings. The van der Waals surface area contributed by atoms with E-state index in [0.29, 0.717) is 0 Å². The number of rotatable bonds is 7. The molecule has 0 spiro atoms. The molecule has 7 nitrogen and oxygen atoms in total. The summed E-state index contributed by atoms with van der Waals surface area (Å²) < 4.78 is 36.6. The third-order valence-electron chi connectivity index (χ3n) is 2.47. The van der Waals surface area contributed by atoms with Crippen molar-refractivity contribution < 1.29 is 27.8 Å². The first kappa shape index (κ1) is 16.4. The van der Waals surface area contributed by atoms with E-state index in [4.69, 9.17) is 14.6 Å². The highest BCUT2D eigenvalue weighted by atomic mass is 32.2. The lowest BCUT2D eigenvalue weighted by Gasteiger charge is -2.15. The third kappa shape index (κ3) is 3.92. The number of nitrogens with one attached hydrogen (secondary N) is 1. The lowest BCUT2D eigenvalue weighted by atomic mass is 10.2. The number of aromatic carboxylic acids is 1. The van der Waals surface area contributed by atoms with Gasteiger partial charge in [0.05, 0.1) is 19.3 Å². The van der Waals surface area contributed by atoms with Crippen molar-refractivity contribution in [2.45, 2.75) is 17.9 Å². The van der Waals surface area contributed by atoms with Gasteiger partial charge < -0.3 is 14.6 Å². The van der Waals surface area contributed by atoms with Gasteiger partial charge in [-0.1, -0.05) is 0 Å². The van der Waals surface area contributed by atoms with Crippen LogP contribution in [0.2, 0.25) is 0 Å². The van der Waals surface area contributed by atoms with E-state index in [-0.39, 0.29) is 22.8 Å². The molecule has 112 valence electrons. The largest absolute Gasteiger partial charge is 0.495 e. The molecule has 0 aliphatic rings. The highest BCUT2D eigenvalue weighted by Gasteiger charge is 2.22. The van der Waals surface area contributed by atoms with Crippen LogP contribution in [0.4, 0.5) is 0 Å². The molecular formula is C12H17NO6S. The normalized spacial score (nSPS) is 12.9. The van der Waals surface area contributed by atoms with Crippen molar-refractivity contribution >= 4 is 16.0 Å². The molecule has 0 aliphatic carbocycles. The van der Waals surface area contributed by atoms with E-state index < -0.39 is 22.0 Å². The van der Waals surface area contributed by atoms with Gasteiger partial charge >= 0.3 is 5.97 Å². The fourth-order valence-electron chi connectivity index (χ4n) is 1.63. The van der Waals surface area contributed by atoms with E-state index in [9.17, 15) is 13.2 Å². The number of carboxylic acid groups (broad SMARTS) is 1. The van der Waals surface area contributed by atoms with Crippen LogP contribution >= 0.6 is 0 Å². The lowest BCUT2D eigenvalue weighted by molar-refractivity contribution is 0.0696. The Kier molecular flexibility index (Phi) is 5.49. The smallest absolute Gasteiger partial charge is 0.335 e. The molecule has 20 heavy (non-hydrogen) atoms. The maximum Gasteiger partial charge on any atom is 0.335 e. The van der Waals surface area contributed by atoms with Crippen molar-refractivity contribution in [3.05, 3.63) is 23.8 Å². The van der Waals surface area contributed by atoms with Crippen LogP contribution in [0.3, 0.4) is 0 Å². The van der Waals surface area contributed by atoms with E-state index in [0.717, 1.165) is 6.07 Å². The van der Waals surface area contributed by atoms with Crippen molar-refractivity contribution in [2.24, 2.45) is 0 Å². The summed E-state index contributed by atoms with van der Waals surface area (Å²) in [5.74, 6) is -1.19. The third-order valence-corrected chi connectivity index (χ3v) is 4.10. The topological polar surface area (TPSA) is 102 Å². The van der Waals surface area contributed by atoms with Gasteiger partial charge in [-0.15, -0.1) is 0 Å². The molecule has 0 saturated carbocycles. The molecule has 0 heterocycles. The van der Waals surface area contributed by atoms with Crippen LogP contribution in [-0.2, 0) is 14.8 Å². The van der Waals surface area contributed by atoms with Crippen molar-refractivity contribution in [1.29, 1.82) is 0 Å². The Balaban J connectivity index is 3.15. The summed E-state index contributed by atoms with van der Waals surface area (Å²) in [5, 5.41) is 8.88. The van der Waals surface area contributed by atoms with Crippen molar-refractivity contribution in [3.63, 3.8) is 0 Å². The minimum atomic E-state index is -3.81. The Morgan fingerprint density at radius 3 is 2.55 bits per heavy atom. The fraction of sp³-hybridized carbons (Fsp3) is 0.417. The molecule has 0 amide bonds. The Morgan fingerprint density at radius 2 is 2.05 bits per heavy atom. The van der Waals surface area contributed by atoms with Gasteiger partial charge in [-0.2, -0.15) is 0 Å². The molecule has 0 saturated heterocycles. The summed E-state index contributed by atoms with van der Waals surface area (Å²) >= 11 is 0. The average Bonchev–Trinajstić information content (AvgIpc) is 2.37. The zero-order chi connectivity index (χ0) is 15.3. The predicted octanol–water partition coefficient (Wildman–Crippen LogP) is 0.707. The summed E-state index contributed by atoms with van der Waals surface area (Å²) in [6, 6.07) is 3.15. The Morgan fingerprint density at radius 1 is 1.40 bits per heavy atom. The zero-order valence-electron chi connectivity index (χ0n) is 11.4. The number of methoxy groups -OCH3 is 2. The van der Waals surface area contributed by atoms with Gasteiger partial charge in [0, 0.05) is 13.2 Å². The summed E-state index contributed by atoms with van der Waals surface area (Å²) in [5.41, 5.74) is -0.0502. The average molecular weight is 303 g/mol. The van der Waals surface area contributed by atoms with E-state index in [1.165, 1.54) is 26.4 Å². The van der Waals surface area contributed by atoms with Gasteiger partial charge in [-0.3, -0.25) is 0 Å². The number of carbonyl (C=O) groups is 1. The minimum absolute atomic E-state index is 0.0259. The zero-order valence-corrected chi connectivity index (χ0v) is 12.2. The Bertz CT molecular complexity index is 584. The van der Waals surface area contributed by atoms with Gasteiger partial charge in [-0.05, 0) is 25.1 Å². The number of hydrogen-bond donors (Lipinski definition) is 2. The van der Waals surface area contributed by atoms with Crippen LogP contribution in [0.5, 0.6) is 5.75 Å². The van der Waals surface area contributed by atoms with Crippen LogP contribution in [-0.4, -0.2) is 46.4 Å². The Hall–Kier alpha value is -1.64. The van der Waals surface area contributed by atoms with Crippen LogP contribution in [0.1, 0.15) is 17.3 Å². The fourth-order valence-corrected chi connectivity index (χ4v) is 3.01. The maximum atomic E-state index is 12.2. The van der Waals surface area contributed by atoms with Gasteiger partial charge in [0.15, 0.2) is 0 Å². The molecule has 1 unspecified atom stereocenters. The number of sulfonamides is 1. The summed E-state index contributed by atoms with van der Waals surface area (Å²) in [6.07, 6.45) is 0. The molecular weight excluding hydrogens is 286 g/mol. The van der Waals surface area contributed by atoms with Crippen LogP contribution in [0.15, 0.2) is 23.1 Å². The summed E-state index contributed by atoms with van der Waals surface area (Å²) in [4.78, 5) is 10.7.